The summed E-state index contributed by atoms with van der Waals surface area (Å²) in [6.45, 7) is 5.17. The van der Waals surface area contributed by atoms with Gasteiger partial charge < -0.3 is 15.0 Å². The average Bonchev–Trinajstić information content (AvgIpc) is 2.79. The molecule has 2 unspecified atom stereocenters. The second-order valence-electron chi connectivity index (χ2n) is 4.86. The Hall–Kier alpha value is -0.350. The molecule has 0 aliphatic carbocycles. The summed E-state index contributed by atoms with van der Waals surface area (Å²) in [6.07, 6.45) is 6.61. The van der Waals surface area contributed by atoms with Gasteiger partial charge in [0.2, 0.25) is 0 Å². The van der Waals surface area contributed by atoms with Crippen molar-refractivity contribution in [2.75, 3.05) is 19.7 Å². The highest BCUT2D eigenvalue weighted by molar-refractivity contribution is 7.80. The van der Waals surface area contributed by atoms with Crippen LogP contribution in [0.1, 0.15) is 39.0 Å². The third-order valence-electron chi connectivity index (χ3n) is 3.57. The first kappa shape index (κ1) is 12.1. The first-order valence-corrected chi connectivity index (χ1v) is 6.84. The number of hydrogen-bond acceptors (Lipinski definition) is 2. The molecule has 3 nitrogen and oxygen atoms in total. The smallest absolute Gasteiger partial charge is 0.169 e. The van der Waals surface area contributed by atoms with Crippen LogP contribution in [0.15, 0.2) is 0 Å². The normalized spacial score (nSPS) is 30.4. The van der Waals surface area contributed by atoms with Crippen LogP contribution in [0.5, 0.6) is 0 Å². The zero-order valence-corrected chi connectivity index (χ0v) is 10.9. The van der Waals surface area contributed by atoms with Crippen molar-refractivity contribution in [1.82, 2.24) is 10.2 Å². The zero-order chi connectivity index (χ0) is 11.4. The zero-order valence-electron chi connectivity index (χ0n) is 10.1. The molecule has 16 heavy (non-hydrogen) atoms. The molecule has 2 rings (SSSR count). The minimum absolute atomic E-state index is 0.373. The fourth-order valence-corrected chi connectivity index (χ4v) is 2.86. The molecule has 2 fully saturated rings. The number of nitrogens with zero attached hydrogens (tertiary/aromatic N) is 1. The van der Waals surface area contributed by atoms with Crippen molar-refractivity contribution in [3.63, 3.8) is 0 Å². The monoisotopic (exact) mass is 242 g/mol. The average molecular weight is 242 g/mol. The van der Waals surface area contributed by atoms with Crippen LogP contribution in [0.25, 0.3) is 0 Å². The van der Waals surface area contributed by atoms with Crippen LogP contribution >= 0.6 is 12.2 Å². The molecule has 2 aliphatic rings. The maximum absolute atomic E-state index is 5.58. The van der Waals surface area contributed by atoms with Crippen LogP contribution in [0.2, 0.25) is 0 Å². The molecule has 92 valence electrons. The van der Waals surface area contributed by atoms with Gasteiger partial charge in [-0.3, -0.25) is 0 Å². The number of rotatable bonds is 2. The van der Waals surface area contributed by atoms with Crippen LogP contribution in [0.3, 0.4) is 0 Å². The number of thiocarbonyl (C=S) groups is 1. The number of likely N-dealkylation sites (tertiary alicyclic amines) is 1. The van der Waals surface area contributed by atoms with Crippen molar-refractivity contribution < 1.29 is 4.74 Å². The predicted molar refractivity (Wildman–Crippen MR) is 69.6 cm³/mol. The Morgan fingerprint density at radius 3 is 2.94 bits per heavy atom. The second-order valence-corrected chi connectivity index (χ2v) is 5.25. The van der Waals surface area contributed by atoms with Gasteiger partial charge >= 0.3 is 0 Å². The molecule has 0 aromatic heterocycles. The van der Waals surface area contributed by atoms with Crippen molar-refractivity contribution in [3.8, 4) is 0 Å². The van der Waals surface area contributed by atoms with Gasteiger partial charge in [-0.25, -0.2) is 0 Å². The van der Waals surface area contributed by atoms with E-state index in [4.69, 9.17) is 17.0 Å². The predicted octanol–water partition coefficient (Wildman–Crippen LogP) is 1.91. The van der Waals surface area contributed by atoms with Crippen molar-refractivity contribution >= 4 is 17.3 Å². The number of ether oxygens (including phenoxy) is 1. The lowest BCUT2D eigenvalue weighted by Crippen LogP contribution is -2.48. The fourth-order valence-electron chi connectivity index (χ4n) is 2.51. The molecule has 4 heteroatoms. The number of nitrogens with one attached hydrogen (secondary N) is 1. The van der Waals surface area contributed by atoms with E-state index in [1.165, 1.54) is 32.1 Å². The Bertz CT molecular complexity index is 241. The Balaban J connectivity index is 1.73. The summed E-state index contributed by atoms with van der Waals surface area (Å²) in [4.78, 5) is 2.33. The van der Waals surface area contributed by atoms with E-state index in [2.05, 4.69) is 17.1 Å². The van der Waals surface area contributed by atoms with E-state index in [1.807, 2.05) is 0 Å². The maximum Gasteiger partial charge on any atom is 0.169 e. The lowest BCUT2D eigenvalue weighted by atomic mass is 10.0. The summed E-state index contributed by atoms with van der Waals surface area (Å²) in [5.41, 5.74) is 0. The highest BCUT2D eigenvalue weighted by Crippen LogP contribution is 2.16. The van der Waals surface area contributed by atoms with E-state index in [9.17, 15) is 0 Å². The van der Waals surface area contributed by atoms with Gasteiger partial charge in [-0.2, -0.15) is 0 Å². The van der Waals surface area contributed by atoms with Gasteiger partial charge in [-0.1, -0.05) is 0 Å². The summed E-state index contributed by atoms with van der Waals surface area (Å²) in [7, 11) is 0. The molecule has 2 aliphatic heterocycles. The van der Waals surface area contributed by atoms with Crippen molar-refractivity contribution in [2.24, 2.45) is 0 Å². The Morgan fingerprint density at radius 2 is 2.25 bits per heavy atom. The molecule has 1 N–H and O–H groups in total. The van der Waals surface area contributed by atoms with Crippen LogP contribution in [0, 0.1) is 0 Å². The van der Waals surface area contributed by atoms with Gasteiger partial charge in [0, 0.05) is 25.7 Å². The lowest BCUT2D eigenvalue weighted by molar-refractivity contribution is 0.113. The summed E-state index contributed by atoms with van der Waals surface area (Å²) in [5.74, 6) is 0. The molecule has 0 aromatic rings. The van der Waals surface area contributed by atoms with E-state index in [1.54, 1.807) is 0 Å². The quantitative estimate of drug-likeness (QED) is 0.748. The Morgan fingerprint density at radius 1 is 1.38 bits per heavy atom. The van der Waals surface area contributed by atoms with Crippen LogP contribution < -0.4 is 5.32 Å². The molecule has 2 heterocycles. The van der Waals surface area contributed by atoms with E-state index in [0.717, 1.165) is 24.8 Å². The summed E-state index contributed by atoms with van der Waals surface area (Å²) < 4.78 is 5.58. The standard InChI is InChI=1S/C12H22N2OS/c1-10-5-2-3-7-14(10)12(16)13-9-11-6-4-8-15-11/h10-11H,2-9H2,1H3,(H,13,16). The summed E-state index contributed by atoms with van der Waals surface area (Å²) in [5, 5.41) is 4.28. The van der Waals surface area contributed by atoms with Gasteiger partial charge in [0.05, 0.1) is 6.10 Å². The summed E-state index contributed by atoms with van der Waals surface area (Å²) >= 11 is 5.44. The van der Waals surface area contributed by atoms with Gasteiger partial charge in [0.1, 0.15) is 0 Å². The highest BCUT2D eigenvalue weighted by atomic mass is 32.1. The molecule has 2 saturated heterocycles. The molecule has 0 saturated carbocycles. The van der Waals surface area contributed by atoms with E-state index in [0.29, 0.717) is 12.1 Å². The third kappa shape index (κ3) is 3.08. The van der Waals surface area contributed by atoms with Crippen LogP contribution in [-0.4, -0.2) is 41.9 Å². The van der Waals surface area contributed by atoms with E-state index < -0.39 is 0 Å². The fraction of sp³-hybridized carbons (Fsp3) is 0.917. The highest BCUT2D eigenvalue weighted by Gasteiger charge is 2.22. The maximum atomic E-state index is 5.58. The first-order chi connectivity index (χ1) is 7.77. The number of hydrogen-bond donors (Lipinski definition) is 1. The van der Waals surface area contributed by atoms with Crippen molar-refractivity contribution in [2.45, 2.75) is 51.2 Å². The number of piperidine rings is 1. The molecule has 0 radical (unpaired) electrons. The Kier molecular flexibility index (Phi) is 4.41. The first-order valence-electron chi connectivity index (χ1n) is 6.43. The van der Waals surface area contributed by atoms with Gasteiger partial charge in [0.25, 0.3) is 0 Å². The lowest BCUT2D eigenvalue weighted by Gasteiger charge is -2.35. The van der Waals surface area contributed by atoms with Crippen LogP contribution in [-0.2, 0) is 4.74 Å². The van der Waals surface area contributed by atoms with Gasteiger partial charge in [0.15, 0.2) is 5.11 Å². The molecule has 0 aromatic carbocycles. The van der Waals surface area contributed by atoms with E-state index >= 15 is 0 Å². The molecular weight excluding hydrogens is 220 g/mol. The van der Waals surface area contributed by atoms with Crippen LogP contribution in [0.4, 0.5) is 0 Å². The molecule has 2 atom stereocenters. The third-order valence-corrected chi connectivity index (χ3v) is 3.95. The molecule has 0 amide bonds. The topological polar surface area (TPSA) is 24.5 Å². The second kappa shape index (κ2) is 5.82. The summed E-state index contributed by atoms with van der Waals surface area (Å²) in [6, 6.07) is 0.596. The van der Waals surface area contributed by atoms with Crippen molar-refractivity contribution in [3.05, 3.63) is 0 Å². The van der Waals surface area contributed by atoms with Crippen molar-refractivity contribution in [1.29, 1.82) is 0 Å². The molecule has 0 spiro atoms. The largest absolute Gasteiger partial charge is 0.376 e. The van der Waals surface area contributed by atoms with Gasteiger partial charge in [-0.05, 0) is 51.2 Å². The van der Waals surface area contributed by atoms with Gasteiger partial charge in [-0.15, -0.1) is 0 Å². The van der Waals surface area contributed by atoms with E-state index in [-0.39, 0.29) is 0 Å². The molecule has 0 bridgehead atoms. The molecular formula is C12H22N2OS. The SMILES string of the molecule is CC1CCCCN1C(=S)NCC1CCCO1. The minimum atomic E-state index is 0.373. The Labute approximate surface area is 104 Å². The minimum Gasteiger partial charge on any atom is -0.376 e.